The lowest BCUT2D eigenvalue weighted by Gasteiger charge is -2.15. The first kappa shape index (κ1) is 41.0. The summed E-state index contributed by atoms with van der Waals surface area (Å²) in [4.78, 5) is 10.3. The number of aromatic nitrogens is 2. The number of hydrogen-bond donors (Lipinski definition) is 0. The zero-order chi connectivity index (χ0) is 46.8. The van der Waals surface area contributed by atoms with E-state index in [-0.39, 0.29) is 0 Å². The van der Waals surface area contributed by atoms with Gasteiger partial charge in [-0.3, -0.25) is 0 Å². The molecule has 0 fully saturated rings. The predicted molar refractivity (Wildman–Crippen MR) is 303 cm³/mol. The molecule has 0 aliphatic rings. The molecular formula is C68H42N2S. The summed E-state index contributed by atoms with van der Waals surface area (Å²) < 4.78 is 2.63. The van der Waals surface area contributed by atoms with Crippen molar-refractivity contribution in [3.8, 4) is 78.4 Å². The maximum Gasteiger partial charge on any atom is 0.160 e. The summed E-state index contributed by atoms with van der Waals surface area (Å²) in [6, 6.07) is 92.4. The van der Waals surface area contributed by atoms with E-state index in [1.807, 2.05) is 29.5 Å². The maximum atomic E-state index is 5.17. The van der Waals surface area contributed by atoms with Crippen LogP contribution in [-0.4, -0.2) is 9.97 Å². The summed E-state index contributed by atoms with van der Waals surface area (Å²) in [6.45, 7) is 0. The summed E-state index contributed by atoms with van der Waals surface area (Å²) in [5.41, 5.74) is 14.5. The van der Waals surface area contributed by atoms with Gasteiger partial charge in [-0.25, -0.2) is 9.97 Å². The summed E-state index contributed by atoms with van der Waals surface area (Å²) in [5, 5.41) is 12.7. The second-order valence-electron chi connectivity index (χ2n) is 18.4. The Balaban J connectivity index is 0.798. The molecule has 0 atom stereocenters. The van der Waals surface area contributed by atoms with Gasteiger partial charge in [-0.05, 0) is 106 Å². The number of fused-ring (bicyclic) bond motifs is 8. The van der Waals surface area contributed by atoms with Crippen molar-refractivity contribution in [2.24, 2.45) is 0 Å². The third-order valence-electron chi connectivity index (χ3n) is 14.3. The van der Waals surface area contributed by atoms with E-state index in [4.69, 9.17) is 9.97 Å². The Hall–Kier alpha value is -9.02. The van der Waals surface area contributed by atoms with Gasteiger partial charge < -0.3 is 0 Å². The second kappa shape index (κ2) is 16.9. The largest absolute Gasteiger partial charge is 0.228 e. The van der Waals surface area contributed by atoms with Crippen molar-refractivity contribution in [1.82, 2.24) is 9.97 Å². The lowest BCUT2D eigenvalue weighted by molar-refractivity contribution is 1.18. The van der Waals surface area contributed by atoms with Crippen molar-refractivity contribution in [3.05, 3.63) is 255 Å². The van der Waals surface area contributed by atoms with Gasteiger partial charge in [0.2, 0.25) is 0 Å². The van der Waals surface area contributed by atoms with Crippen LogP contribution in [0.15, 0.2) is 255 Å². The molecule has 0 aliphatic carbocycles. The summed E-state index contributed by atoms with van der Waals surface area (Å²) >= 11 is 1.86. The van der Waals surface area contributed by atoms with E-state index in [0.717, 1.165) is 33.6 Å². The van der Waals surface area contributed by atoms with Gasteiger partial charge in [-0.2, -0.15) is 0 Å². The first-order valence-electron chi connectivity index (χ1n) is 24.2. The van der Waals surface area contributed by atoms with Crippen molar-refractivity contribution in [1.29, 1.82) is 0 Å². The molecule has 0 unspecified atom stereocenters. The summed E-state index contributed by atoms with van der Waals surface area (Å²) in [6.07, 6.45) is 0. The van der Waals surface area contributed by atoms with Gasteiger partial charge in [0, 0.05) is 36.9 Å². The van der Waals surface area contributed by atoms with Gasteiger partial charge in [-0.1, -0.05) is 237 Å². The Morgan fingerprint density at radius 3 is 1.42 bits per heavy atom. The van der Waals surface area contributed by atoms with Crippen molar-refractivity contribution >= 4 is 74.6 Å². The molecule has 2 nitrogen and oxygen atoms in total. The standard InChI is InChI=1S/C68H42N2S/c1-2-14-50(15-3-1)68-69-63(42-64(70-68)48-33-27-46(28-34-48)56-22-12-23-61-59-21-10-11-24-65(59)71-67(56)61)47-31-25-44(26-32-47)53-39-40-54(58-20-9-8-19-57(53)58)45-29-35-49(36-30-45)66-55-18-7-5-16-51(55)41-62-52-17-6-4-13-43(52)37-38-60(62)66/h1-42H. The van der Waals surface area contributed by atoms with Crippen LogP contribution in [0.5, 0.6) is 0 Å². The molecule has 330 valence electrons. The zero-order valence-corrected chi connectivity index (χ0v) is 39.4. The fourth-order valence-electron chi connectivity index (χ4n) is 10.8. The molecule has 0 bridgehead atoms. The third kappa shape index (κ3) is 7.09. The van der Waals surface area contributed by atoms with Gasteiger partial charge in [0.15, 0.2) is 5.82 Å². The average Bonchev–Trinajstić information content (AvgIpc) is 3.84. The van der Waals surface area contributed by atoms with Crippen LogP contribution in [0.2, 0.25) is 0 Å². The van der Waals surface area contributed by atoms with Gasteiger partial charge in [0.05, 0.1) is 11.4 Å². The van der Waals surface area contributed by atoms with Crippen LogP contribution in [0.3, 0.4) is 0 Å². The summed E-state index contributed by atoms with van der Waals surface area (Å²) in [5.74, 6) is 0.704. The molecule has 0 spiro atoms. The number of benzene rings is 12. The molecular weight excluding hydrogens is 877 g/mol. The fraction of sp³-hybridized carbons (Fsp3) is 0. The number of thiophene rings is 1. The number of rotatable bonds is 7. The molecule has 0 amide bonds. The molecule has 14 rings (SSSR count). The molecule has 3 heteroatoms. The van der Waals surface area contributed by atoms with E-state index < -0.39 is 0 Å². The highest BCUT2D eigenvalue weighted by atomic mass is 32.1. The average molecular weight is 919 g/mol. The van der Waals surface area contributed by atoms with Crippen LogP contribution < -0.4 is 0 Å². The minimum atomic E-state index is 0.704. The molecule has 12 aromatic carbocycles. The minimum Gasteiger partial charge on any atom is -0.228 e. The van der Waals surface area contributed by atoms with E-state index in [2.05, 4.69) is 237 Å². The van der Waals surface area contributed by atoms with Gasteiger partial charge >= 0.3 is 0 Å². The number of nitrogens with zero attached hydrogens (tertiary/aromatic N) is 2. The molecule has 71 heavy (non-hydrogen) atoms. The topological polar surface area (TPSA) is 25.8 Å². The molecule has 2 aromatic heterocycles. The van der Waals surface area contributed by atoms with Crippen molar-refractivity contribution < 1.29 is 0 Å². The van der Waals surface area contributed by atoms with Crippen LogP contribution >= 0.6 is 11.3 Å². The Labute approximate surface area is 415 Å². The normalized spacial score (nSPS) is 11.7. The Bertz CT molecular complexity index is 4360. The van der Waals surface area contributed by atoms with E-state index >= 15 is 0 Å². The van der Waals surface area contributed by atoms with Crippen molar-refractivity contribution in [2.75, 3.05) is 0 Å². The van der Waals surface area contributed by atoms with Crippen molar-refractivity contribution in [2.45, 2.75) is 0 Å². The van der Waals surface area contributed by atoms with Gasteiger partial charge in [0.25, 0.3) is 0 Å². The monoisotopic (exact) mass is 918 g/mol. The highest BCUT2D eigenvalue weighted by Gasteiger charge is 2.17. The molecule has 0 N–H and O–H groups in total. The van der Waals surface area contributed by atoms with Gasteiger partial charge in [0.1, 0.15) is 0 Å². The van der Waals surface area contributed by atoms with Crippen LogP contribution in [0.25, 0.3) is 142 Å². The van der Waals surface area contributed by atoms with Gasteiger partial charge in [-0.15, -0.1) is 11.3 Å². The molecule has 14 aromatic rings. The van der Waals surface area contributed by atoms with Crippen LogP contribution in [0.1, 0.15) is 0 Å². The summed E-state index contributed by atoms with van der Waals surface area (Å²) in [7, 11) is 0. The molecule has 0 radical (unpaired) electrons. The zero-order valence-electron chi connectivity index (χ0n) is 38.6. The molecule has 0 aliphatic heterocycles. The second-order valence-corrected chi connectivity index (χ2v) is 19.5. The SMILES string of the molecule is c1ccc(-c2nc(-c3ccc(-c4ccc(-c5ccc(-c6c7ccccc7cc7c6ccc6ccccc67)cc5)c5ccccc45)cc3)cc(-c3ccc(-c4cccc5c4sc4ccccc45)cc3)n2)cc1. The van der Waals surface area contributed by atoms with Crippen molar-refractivity contribution in [3.63, 3.8) is 0 Å². The van der Waals surface area contributed by atoms with E-state index in [1.54, 1.807) is 0 Å². The smallest absolute Gasteiger partial charge is 0.160 e. The molecule has 2 heterocycles. The quantitative estimate of drug-likeness (QED) is 0.118. The lowest BCUT2D eigenvalue weighted by Crippen LogP contribution is -1.96. The lowest BCUT2D eigenvalue weighted by atomic mass is 9.88. The molecule has 0 saturated heterocycles. The third-order valence-corrected chi connectivity index (χ3v) is 15.5. The Kier molecular flexibility index (Phi) is 9.75. The van der Waals surface area contributed by atoms with E-state index in [9.17, 15) is 0 Å². The first-order chi connectivity index (χ1) is 35.2. The Morgan fingerprint density at radius 2 is 0.761 bits per heavy atom. The minimum absolute atomic E-state index is 0.704. The molecule has 0 saturated carbocycles. The van der Waals surface area contributed by atoms with Crippen LogP contribution in [0.4, 0.5) is 0 Å². The predicted octanol–water partition coefficient (Wildman–Crippen LogP) is 19.1. The maximum absolute atomic E-state index is 5.17. The Morgan fingerprint density at radius 1 is 0.254 bits per heavy atom. The number of hydrogen-bond acceptors (Lipinski definition) is 3. The van der Waals surface area contributed by atoms with Crippen LogP contribution in [0, 0.1) is 0 Å². The fourth-order valence-corrected chi connectivity index (χ4v) is 12.1. The highest BCUT2D eigenvalue weighted by molar-refractivity contribution is 7.26. The highest BCUT2D eigenvalue weighted by Crippen LogP contribution is 2.43. The van der Waals surface area contributed by atoms with Crippen LogP contribution in [-0.2, 0) is 0 Å². The first-order valence-corrected chi connectivity index (χ1v) is 25.0. The van der Waals surface area contributed by atoms with E-state index in [1.165, 1.54) is 102 Å². The van der Waals surface area contributed by atoms with E-state index in [0.29, 0.717) is 5.82 Å².